The second kappa shape index (κ2) is 11.1. The quantitative estimate of drug-likeness (QED) is 0.214. The molecule has 0 aromatic heterocycles. The Kier molecular flexibility index (Phi) is 9.52. The first-order chi connectivity index (χ1) is 11.9. The number of esters is 3. The smallest absolute Gasteiger partial charge is 0.333 e. The number of carbonyl (C=O) groups is 3. The first-order valence-corrected chi connectivity index (χ1v) is 8.80. The highest BCUT2D eigenvalue weighted by Gasteiger charge is 2.38. The van der Waals surface area contributed by atoms with Crippen LogP contribution in [0.15, 0.2) is 12.2 Å². The summed E-state index contributed by atoms with van der Waals surface area (Å²) in [5.74, 6) is -2.81. The molecule has 0 aromatic carbocycles. The predicted octanol–water partition coefficient (Wildman–Crippen LogP) is 1.60. The Balaban J connectivity index is 2.46. The monoisotopic (exact) mass is 376 g/mol. The average molecular weight is 377 g/mol. The van der Waals surface area contributed by atoms with Gasteiger partial charge in [-0.15, -0.1) is 11.6 Å². The molecule has 1 aliphatic rings. The van der Waals surface area contributed by atoms with Gasteiger partial charge in [-0.1, -0.05) is 19.4 Å². The van der Waals surface area contributed by atoms with E-state index < -0.39 is 35.8 Å². The molecule has 0 amide bonds. The highest BCUT2D eigenvalue weighted by molar-refractivity contribution is 6.18. The Morgan fingerprint density at radius 1 is 1.08 bits per heavy atom. The summed E-state index contributed by atoms with van der Waals surface area (Å²) in [5.41, 5.74) is 0.264. The molecule has 0 saturated heterocycles. The van der Waals surface area contributed by atoms with E-state index in [1.807, 2.05) is 0 Å². The van der Waals surface area contributed by atoms with Crippen molar-refractivity contribution in [3.05, 3.63) is 12.2 Å². The van der Waals surface area contributed by atoms with Gasteiger partial charge in [0.25, 0.3) is 0 Å². The third-order valence-electron chi connectivity index (χ3n) is 3.88. The van der Waals surface area contributed by atoms with Crippen molar-refractivity contribution in [3.8, 4) is 0 Å². The van der Waals surface area contributed by atoms with E-state index in [9.17, 15) is 19.5 Å². The van der Waals surface area contributed by atoms with Crippen molar-refractivity contribution in [3.63, 3.8) is 0 Å². The molecule has 0 spiro atoms. The minimum atomic E-state index is -0.928. The molecule has 1 saturated carbocycles. The summed E-state index contributed by atoms with van der Waals surface area (Å²) in [6, 6.07) is 0. The number of aliphatic hydroxyl groups excluding tert-OH is 1. The van der Waals surface area contributed by atoms with Crippen LogP contribution in [-0.4, -0.2) is 54.8 Å². The molecule has 1 rings (SSSR count). The topological polar surface area (TPSA) is 99.1 Å². The summed E-state index contributed by atoms with van der Waals surface area (Å²) in [7, 11) is 0. The molecule has 0 radical (unpaired) electrons. The number of hydrogen-bond donors (Lipinski definition) is 1. The van der Waals surface area contributed by atoms with Crippen molar-refractivity contribution >= 4 is 29.5 Å². The average Bonchev–Trinajstić information content (AvgIpc) is 2.62. The van der Waals surface area contributed by atoms with Crippen LogP contribution < -0.4 is 0 Å². The second-order valence-corrected chi connectivity index (χ2v) is 6.33. The van der Waals surface area contributed by atoms with Crippen LogP contribution >= 0.6 is 11.6 Å². The summed E-state index contributed by atoms with van der Waals surface area (Å²) in [4.78, 5) is 35.6. The molecule has 1 fully saturated rings. The molecular formula is C17H25ClO7. The van der Waals surface area contributed by atoms with E-state index in [4.69, 9.17) is 25.8 Å². The zero-order chi connectivity index (χ0) is 18.8. The molecule has 3 unspecified atom stereocenters. The molecule has 142 valence electrons. The Bertz CT molecular complexity index is 491. The number of carbonyl (C=O) groups excluding carboxylic acids is 3. The van der Waals surface area contributed by atoms with Gasteiger partial charge in [0.1, 0.15) is 25.9 Å². The number of rotatable bonds is 9. The Morgan fingerprint density at radius 3 is 2.12 bits per heavy atom. The lowest BCUT2D eigenvalue weighted by Gasteiger charge is -2.28. The largest absolute Gasteiger partial charge is 0.463 e. The minimum Gasteiger partial charge on any atom is -0.463 e. The van der Waals surface area contributed by atoms with E-state index in [2.05, 4.69) is 6.58 Å². The summed E-state index contributed by atoms with van der Waals surface area (Å²) < 4.78 is 15.0. The van der Waals surface area contributed by atoms with Gasteiger partial charge in [0.05, 0.1) is 17.7 Å². The fraction of sp³-hybridized carbons (Fsp3) is 0.706. The summed E-state index contributed by atoms with van der Waals surface area (Å²) in [6.45, 7) is 4.62. The minimum absolute atomic E-state index is 0.0354. The van der Waals surface area contributed by atoms with Gasteiger partial charge < -0.3 is 19.3 Å². The second-order valence-electron chi connectivity index (χ2n) is 6.02. The van der Waals surface area contributed by atoms with E-state index in [0.29, 0.717) is 12.8 Å². The lowest BCUT2D eigenvalue weighted by molar-refractivity contribution is -0.165. The van der Waals surface area contributed by atoms with Gasteiger partial charge in [0.15, 0.2) is 0 Å². The van der Waals surface area contributed by atoms with Gasteiger partial charge in [-0.25, -0.2) is 4.79 Å². The number of ether oxygens (including phenoxy) is 3. The van der Waals surface area contributed by atoms with Crippen molar-refractivity contribution in [2.45, 2.75) is 38.7 Å². The highest BCUT2D eigenvalue weighted by Crippen LogP contribution is 2.32. The van der Waals surface area contributed by atoms with Crippen LogP contribution in [0.4, 0.5) is 0 Å². The number of alkyl halides is 1. The number of halogens is 1. The third kappa shape index (κ3) is 7.44. The number of hydrogen-bond acceptors (Lipinski definition) is 7. The maximum absolute atomic E-state index is 12.2. The fourth-order valence-electron chi connectivity index (χ4n) is 2.53. The van der Waals surface area contributed by atoms with Crippen LogP contribution in [0.3, 0.4) is 0 Å². The molecule has 1 aliphatic carbocycles. The first-order valence-electron chi connectivity index (χ1n) is 8.26. The van der Waals surface area contributed by atoms with Gasteiger partial charge in [-0.05, 0) is 19.8 Å². The van der Waals surface area contributed by atoms with E-state index in [1.54, 1.807) is 0 Å². The van der Waals surface area contributed by atoms with Crippen LogP contribution in [0.25, 0.3) is 0 Å². The molecule has 8 heteroatoms. The van der Waals surface area contributed by atoms with Crippen molar-refractivity contribution in [2.24, 2.45) is 11.8 Å². The molecule has 0 bridgehead atoms. The molecule has 7 nitrogen and oxygen atoms in total. The van der Waals surface area contributed by atoms with Crippen molar-refractivity contribution in [2.75, 3.05) is 25.7 Å². The maximum Gasteiger partial charge on any atom is 0.333 e. The van der Waals surface area contributed by atoms with Crippen LogP contribution in [0.2, 0.25) is 0 Å². The zero-order valence-electron chi connectivity index (χ0n) is 14.4. The van der Waals surface area contributed by atoms with E-state index >= 15 is 0 Å². The van der Waals surface area contributed by atoms with Crippen molar-refractivity contribution < 1.29 is 33.7 Å². The summed E-state index contributed by atoms with van der Waals surface area (Å²) in [5, 5.41) is 9.36. The Morgan fingerprint density at radius 2 is 1.60 bits per heavy atom. The van der Waals surface area contributed by atoms with Crippen LogP contribution in [0, 0.1) is 11.8 Å². The van der Waals surface area contributed by atoms with Crippen LogP contribution in [0.1, 0.15) is 32.6 Å². The van der Waals surface area contributed by atoms with Crippen LogP contribution in [0.5, 0.6) is 0 Å². The normalized spacial score (nSPS) is 21.1. The van der Waals surface area contributed by atoms with Crippen LogP contribution in [-0.2, 0) is 28.6 Å². The highest BCUT2D eigenvalue weighted by atomic mass is 35.5. The van der Waals surface area contributed by atoms with Crippen molar-refractivity contribution in [1.82, 2.24) is 0 Å². The lowest BCUT2D eigenvalue weighted by Crippen LogP contribution is -2.36. The van der Waals surface area contributed by atoms with E-state index in [-0.39, 0.29) is 31.3 Å². The van der Waals surface area contributed by atoms with E-state index in [1.165, 1.54) is 6.92 Å². The summed E-state index contributed by atoms with van der Waals surface area (Å²) >= 11 is 5.46. The fourth-order valence-corrected chi connectivity index (χ4v) is 2.62. The molecule has 0 heterocycles. The van der Waals surface area contributed by atoms with E-state index in [0.717, 1.165) is 12.8 Å². The van der Waals surface area contributed by atoms with Gasteiger partial charge in [0, 0.05) is 5.57 Å². The SMILES string of the molecule is C=C(C)C(=O)OCCOC(=O)C1CCCCC1C(=O)OCC(O)CCl. The van der Waals surface area contributed by atoms with Gasteiger partial charge in [-0.3, -0.25) is 9.59 Å². The Labute approximate surface area is 152 Å². The Hall–Kier alpha value is -1.60. The molecule has 25 heavy (non-hydrogen) atoms. The third-order valence-corrected chi connectivity index (χ3v) is 4.23. The standard InChI is InChI=1S/C17H25ClO7/c1-11(2)15(20)23-7-8-24-16(21)13-5-3-4-6-14(13)17(22)25-10-12(19)9-18/h12-14,19H,1,3-10H2,2H3. The molecular weight excluding hydrogens is 352 g/mol. The van der Waals surface area contributed by atoms with Gasteiger partial charge in [-0.2, -0.15) is 0 Å². The predicted molar refractivity (Wildman–Crippen MR) is 89.9 cm³/mol. The van der Waals surface area contributed by atoms with Gasteiger partial charge >= 0.3 is 17.9 Å². The number of aliphatic hydroxyl groups is 1. The molecule has 3 atom stereocenters. The zero-order valence-corrected chi connectivity index (χ0v) is 15.1. The van der Waals surface area contributed by atoms with Gasteiger partial charge in [0.2, 0.25) is 0 Å². The maximum atomic E-state index is 12.2. The lowest BCUT2D eigenvalue weighted by atomic mass is 9.79. The first kappa shape index (κ1) is 21.4. The molecule has 0 aliphatic heterocycles. The summed E-state index contributed by atoms with van der Waals surface area (Å²) in [6.07, 6.45) is 1.77. The van der Waals surface area contributed by atoms with Crippen molar-refractivity contribution in [1.29, 1.82) is 0 Å². The molecule has 0 aromatic rings. The molecule has 1 N–H and O–H groups in total.